The summed E-state index contributed by atoms with van der Waals surface area (Å²) in [5, 5.41) is 14.2. The lowest BCUT2D eigenvalue weighted by atomic mass is 10.4. The molecule has 0 unspecified atom stereocenters. The maximum atomic E-state index is 5.38. The highest BCUT2D eigenvalue weighted by Gasteiger charge is 2.15. The van der Waals surface area contributed by atoms with Crippen molar-refractivity contribution >= 4 is 5.95 Å². The van der Waals surface area contributed by atoms with E-state index in [0.29, 0.717) is 17.3 Å². The molecular weight excluding hydrogens is 224 g/mol. The minimum absolute atomic E-state index is 0.123. The summed E-state index contributed by atoms with van der Waals surface area (Å²) in [6.07, 6.45) is 1.79. The number of aromatic nitrogens is 7. The van der Waals surface area contributed by atoms with Crippen LogP contribution in [-0.4, -0.2) is 35.1 Å². The Labute approximate surface area is 94.7 Å². The Hall–Kier alpha value is -2.71. The second-order valence-corrected chi connectivity index (χ2v) is 3.34. The molecule has 0 aliphatic heterocycles. The molecule has 0 spiro atoms. The molecule has 0 saturated carbocycles. The maximum absolute atomic E-state index is 5.38. The Morgan fingerprint density at radius 2 is 2.29 bits per heavy atom. The minimum Gasteiger partial charge on any atom is -0.366 e. The smallest absolute Gasteiger partial charge is 0.295 e. The first-order valence-corrected chi connectivity index (χ1v) is 4.74. The van der Waals surface area contributed by atoms with Gasteiger partial charge in [0, 0.05) is 13.2 Å². The van der Waals surface area contributed by atoms with Gasteiger partial charge in [0.05, 0.1) is 0 Å². The summed E-state index contributed by atoms with van der Waals surface area (Å²) in [7, 11) is 1.81. The summed E-state index contributed by atoms with van der Waals surface area (Å²) in [4.78, 5) is 8.02. The predicted molar refractivity (Wildman–Crippen MR) is 56.3 cm³/mol. The van der Waals surface area contributed by atoms with Gasteiger partial charge in [-0.15, -0.1) is 5.10 Å². The molecule has 0 aromatic carbocycles. The second-order valence-electron chi connectivity index (χ2n) is 3.34. The predicted octanol–water partition coefficient (Wildman–Crippen LogP) is -0.163. The lowest BCUT2D eigenvalue weighted by molar-refractivity contribution is 0.429. The lowest BCUT2D eigenvalue weighted by Gasteiger charge is -1.84. The van der Waals surface area contributed by atoms with Crippen molar-refractivity contribution in [2.24, 2.45) is 7.05 Å². The maximum Gasteiger partial charge on any atom is 0.295 e. The van der Waals surface area contributed by atoms with Crippen LogP contribution in [0.15, 0.2) is 16.8 Å². The van der Waals surface area contributed by atoms with Gasteiger partial charge in [-0.2, -0.15) is 15.1 Å². The molecule has 0 bridgehead atoms. The first kappa shape index (κ1) is 9.51. The number of nitrogens with one attached hydrogen (secondary N) is 1. The number of H-pyrrole nitrogens is 1. The van der Waals surface area contributed by atoms with Gasteiger partial charge in [0.15, 0.2) is 0 Å². The number of rotatable bonds is 2. The molecule has 3 aromatic rings. The summed E-state index contributed by atoms with van der Waals surface area (Å²) in [6.45, 7) is 0. The molecule has 17 heavy (non-hydrogen) atoms. The highest BCUT2D eigenvalue weighted by Crippen LogP contribution is 2.17. The number of aryl methyl sites for hydroxylation is 1. The van der Waals surface area contributed by atoms with Crippen molar-refractivity contribution in [1.29, 1.82) is 0 Å². The van der Waals surface area contributed by atoms with Crippen LogP contribution < -0.4 is 5.73 Å². The van der Waals surface area contributed by atoms with Crippen molar-refractivity contribution in [2.75, 3.05) is 5.73 Å². The number of hydrogen-bond acceptors (Lipinski definition) is 7. The molecule has 0 radical (unpaired) electrons. The number of nitrogen functional groups attached to an aromatic ring is 1. The molecule has 9 heteroatoms. The minimum atomic E-state index is 0.123. The molecule has 0 fully saturated rings. The molecule has 3 aromatic heterocycles. The SMILES string of the molecule is Cn1ccc(-c2noc(-c3nc(N)n[nH]3)n2)n1. The van der Waals surface area contributed by atoms with Gasteiger partial charge in [0.1, 0.15) is 5.69 Å². The van der Waals surface area contributed by atoms with E-state index in [4.69, 9.17) is 10.3 Å². The van der Waals surface area contributed by atoms with E-state index in [0.717, 1.165) is 0 Å². The van der Waals surface area contributed by atoms with Gasteiger partial charge in [-0.3, -0.25) is 9.78 Å². The molecule has 0 aliphatic rings. The largest absolute Gasteiger partial charge is 0.366 e. The Bertz CT molecular complexity index is 595. The summed E-state index contributed by atoms with van der Waals surface area (Å²) < 4.78 is 6.68. The fourth-order valence-corrected chi connectivity index (χ4v) is 1.33. The van der Waals surface area contributed by atoms with Gasteiger partial charge >= 0.3 is 0 Å². The first-order valence-electron chi connectivity index (χ1n) is 4.74. The molecule has 0 saturated heterocycles. The summed E-state index contributed by atoms with van der Waals surface area (Å²) >= 11 is 0. The van der Waals surface area contributed by atoms with E-state index in [2.05, 4.69) is 30.4 Å². The topological polar surface area (TPSA) is 124 Å². The Morgan fingerprint density at radius 3 is 2.94 bits per heavy atom. The summed E-state index contributed by atoms with van der Waals surface area (Å²) in [5.41, 5.74) is 6.00. The number of nitrogens with two attached hydrogens (primary N) is 1. The van der Waals surface area contributed by atoms with Gasteiger partial charge in [-0.1, -0.05) is 5.16 Å². The average Bonchev–Trinajstić information content (AvgIpc) is 2.96. The van der Waals surface area contributed by atoms with Crippen LogP contribution in [0.4, 0.5) is 5.95 Å². The van der Waals surface area contributed by atoms with Crippen LogP contribution in [0, 0.1) is 0 Å². The van der Waals surface area contributed by atoms with Gasteiger partial charge in [0.2, 0.25) is 17.6 Å². The van der Waals surface area contributed by atoms with Gasteiger partial charge < -0.3 is 10.3 Å². The third-order valence-electron chi connectivity index (χ3n) is 2.07. The fourth-order valence-electron chi connectivity index (χ4n) is 1.33. The second kappa shape index (κ2) is 3.40. The van der Waals surface area contributed by atoms with Crippen LogP contribution in [0.25, 0.3) is 23.2 Å². The molecule has 3 N–H and O–H groups in total. The summed E-state index contributed by atoms with van der Waals surface area (Å²) in [5.74, 6) is 1.06. The van der Waals surface area contributed by atoms with E-state index in [-0.39, 0.29) is 11.8 Å². The lowest BCUT2D eigenvalue weighted by Crippen LogP contribution is -1.89. The monoisotopic (exact) mass is 232 g/mol. The van der Waals surface area contributed by atoms with E-state index < -0.39 is 0 Å². The number of nitrogens with zero attached hydrogens (tertiary/aromatic N) is 6. The van der Waals surface area contributed by atoms with Crippen molar-refractivity contribution in [1.82, 2.24) is 35.1 Å². The average molecular weight is 232 g/mol. The van der Waals surface area contributed by atoms with Crippen molar-refractivity contribution in [3.8, 4) is 23.2 Å². The van der Waals surface area contributed by atoms with Crippen LogP contribution in [-0.2, 0) is 7.05 Å². The molecule has 9 nitrogen and oxygen atoms in total. The third kappa shape index (κ3) is 1.62. The van der Waals surface area contributed by atoms with E-state index in [1.54, 1.807) is 16.9 Å². The Kier molecular flexibility index (Phi) is 1.90. The van der Waals surface area contributed by atoms with Crippen LogP contribution in [0.3, 0.4) is 0 Å². The highest BCUT2D eigenvalue weighted by atomic mass is 16.5. The molecule has 0 atom stereocenters. The van der Waals surface area contributed by atoms with E-state index >= 15 is 0 Å². The van der Waals surface area contributed by atoms with Crippen molar-refractivity contribution < 1.29 is 4.52 Å². The van der Waals surface area contributed by atoms with Crippen molar-refractivity contribution in [2.45, 2.75) is 0 Å². The van der Waals surface area contributed by atoms with E-state index in [1.165, 1.54) is 0 Å². The van der Waals surface area contributed by atoms with Gasteiger partial charge in [-0.25, -0.2) is 0 Å². The van der Waals surface area contributed by atoms with Crippen molar-refractivity contribution in [3.63, 3.8) is 0 Å². The third-order valence-corrected chi connectivity index (χ3v) is 2.07. The van der Waals surface area contributed by atoms with E-state index in [1.807, 2.05) is 7.05 Å². The normalized spacial score (nSPS) is 10.9. The number of aromatic amines is 1. The van der Waals surface area contributed by atoms with Crippen LogP contribution in [0.2, 0.25) is 0 Å². The zero-order valence-electron chi connectivity index (χ0n) is 8.82. The van der Waals surface area contributed by atoms with Crippen LogP contribution >= 0.6 is 0 Å². The molecule has 3 heterocycles. The zero-order valence-corrected chi connectivity index (χ0v) is 8.82. The van der Waals surface area contributed by atoms with E-state index in [9.17, 15) is 0 Å². The zero-order chi connectivity index (χ0) is 11.8. The molecule has 3 rings (SSSR count). The number of anilines is 1. The Balaban J connectivity index is 1.98. The quantitative estimate of drug-likeness (QED) is 0.628. The summed E-state index contributed by atoms with van der Waals surface area (Å²) in [6, 6.07) is 1.78. The number of hydrogen-bond donors (Lipinski definition) is 2. The molecule has 0 amide bonds. The highest BCUT2D eigenvalue weighted by molar-refractivity contribution is 5.51. The molecular formula is C8H8N8O. The van der Waals surface area contributed by atoms with Gasteiger partial charge in [0.25, 0.3) is 5.89 Å². The molecule has 0 aliphatic carbocycles. The van der Waals surface area contributed by atoms with Crippen LogP contribution in [0.1, 0.15) is 0 Å². The fraction of sp³-hybridized carbons (Fsp3) is 0.125. The molecule has 86 valence electrons. The van der Waals surface area contributed by atoms with Crippen LogP contribution in [0.5, 0.6) is 0 Å². The van der Waals surface area contributed by atoms with Gasteiger partial charge in [-0.05, 0) is 6.07 Å². The van der Waals surface area contributed by atoms with Crippen molar-refractivity contribution in [3.05, 3.63) is 12.3 Å². The first-order chi connectivity index (χ1) is 8.22. The Morgan fingerprint density at radius 1 is 1.41 bits per heavy atom. The standard InChI is InChI=1S/C8H8N8O/c1-16-3-2-4(14-16)5-10-7(17-15-5)6-11-8(9)13-12-6/h2-3H,1H3,(H3,9,11,12,13).